The molecule has 1 aliphatic carbocycles. The minimum absolute atomic E-state index is 0.157. The summed E-state index contributed by atoms with van der Waals surface area (Å²) in [5, 5.41) is 0. The van der Waals surface area contributed by atoms with Crippen molar-refractivity contribution >= 4 is 11.7 Å². The molecule has 1 aromatic rings. The number of nitrogens with zero attached hydrogens (tertiary/aromatic N) is 1. The molecule has 0 aromatic heterocycles. The molecule has 1 saturated heterocycles. The second-order valence-electron chi connectivity index (χ2n) is 12.1. The topological polar surface area (TPSA) is 29.5 Å². The molecule has 3 aliphatic rings. The van der Waals surface area contributed by atoms with Crippen molar-refractivity contribution in [1.82, 2.24) is 4.90 Å². The summed E-state index contributed by atoms with van der Waals surface area (Å²) in [7, 11) is 0. The van der Waals surface area contributed by atoms with Crippen LogP contribution in [0.4, 0.5) is 4.79 Å². The summed E-state index contributed by atoms with van der Waals surface area (Å²) in [5.41, 5.74) is 7.22. The van der Waals surface area contributed by atoms with Gasteiger partial charge in [-0.3, -0.25) is 4.90 Å². The van der Waals surface area contributed by atoms with Crippen LogP contribution in [-0.4, -0.2) is 28.7 Å². The molecule has 2 atom stereocenters. The van der Waals surface area contributed by atoms with E-state index in [1.807, 2.05) is 25.7 Å². The highest BCUT2D eigenvalue weighted by Gasteiger charge is 2.43. The molecular formula is C27H39NO2. The summed E-state index contributed by atoms with van der Waals surface area (Å²) in [5.74, 6) is 0. The number of fused-ring (bicyclic) bond motifs is 3. The highest BCUT2D eigenvalue weighted by atomic mass is 16.6. The van der Waals surface area contributed by atoms with Gasteiger partial charge in [0, 0.05) is 6.04 Å². The molecule has 30 heavy (non-hydrogen) atoms. The van der Waals surface area contributed by atoms with E-state index in [1.54, 1.807) is 0 Å². The Kier molecular flexibility index (Phi) is 4.91. The van der Waals surface area contributed by atoms with Crippen molar-refractivity contribution in [2.75, 3.05) is 0 Å². The van der Waals surface area contributed by atoms with Crippen molar-refractivity contribution in [3.05, 3.63) is 40.5 Å². The van der Waals surface area contributed by atoms with E-state index >= 15 is 0 Å². The van der Waals surface area contributed by atoms with Gasteiger partial charge in [-0.05, 0) is 98.5 Å². The van der Waals surface area contributed by atoms with E-state index in [0.29, 0.717) is 0 Å². The van der Waals surface area contributed by atoms with Crippen LogP contribution in [0.15, 0.2) is 18.2 Å². The van der Waals surface area contributed by atoms with Gasteiger partial charge < -0.3 is 4.74 Å². The minimum atomic E-state index is -0.450. The molecule has 2 bridgehead atoms. The van der Waals surface area contributed by atoms with Crippen LogP contribution >= 0.6 is 0 Å². The van der Waals surface area contributed by atoms with Crippen LogP contribution in [0.1, 0.15) is 103 Å². The van der Waals surface area contributed by atoms with Crippen LogP contribution in [0.25, 0.3) is 5.57 Å². The molecule has 3 heteroatoms. The van der Waals surface area contributed by atoms with E-state index in [2.05, 4.69) is 52.8 Å². The lowest BCUT2D eigenvalue weighted by molar-refractivity contribution is 0.0175. The van der Waals surface area contributed by atoms with Crippen LogP contribution in [0.5, 0.6) is 0 Å². The van der Waals surface area contributed by atoms with Gasteiger partial charge in [0.15, 0.2) is 0 Å². The number of carbonyl (C=O) groups excluding carboxylic acids is 1. The standard InChI is InChI=1S/C27H39NO2/c1-17-13-22-23(27(7,8)12-11-26(22,5)6)16-21(17)18-14-19-9-10-20(15-18)28(19)24(29)30-25(2,3)4/h13-14,16,19-20H,9-12,15H2,1-8H3. The number of hydrogen-bond acceptors (Lipinski definition) is 2. The molecule has 4 rings (SSSR count). The monoisotopic (exact) mass is 409 g/mol. The third-order valence-corrected chi connectivity index (χ3v) is 7.54. The molecule has 0 radical (unpaired) electrons. The molecule has 2 aliphatic heterocycles. The van der Waals surface area contributed by atoms with Crippen LogP contribution in [0.2, 0.25) is 0 Å². The molecule has 1 fully saturated rings. The quantitative estimate of drug-likeness (QED) is 0.505. The van der Waals surface area contributed by atoms with E-state index in [0.717, 1.165) is 19.3 Å². The Labute approximate surface area is 182 Å². The normalized spacial score (nSPS) is 26.8. The number of hydrogen-bond donors (Lipinski definition) is 0. The van der Waals surface area contributed by atoms with Gasteiger partial charge in [-0.15, -0.1) is 0 Å². The fourth-order valence-corrected chi connectivity index (χ4v) is 5.70. The van der Waals surface area contributed by atoms with Gasteiger partial charge in [0.25, 0.3) is 0 Å². The first-order chi connectivity index (χ1) is 13.8. The molecule has 0 spiro atoms. The third-order valence-electron chi connectivity index (χ3n) is 7.54. The summed E-state index contributed by atoms with van der Waals surface area (Å²) in [6.07, 6.45) is 7.69. The number of rotatable bonds is 1. The van der Waals surface area contributed by atoms with E-state index in [9.17, 15) is 4.79 Å². The maximum atomic E-state index is 12.8. The van der Waals surface area contributed by atoms with Gasteiger partial charge in [-0.1, -0.05) is 45.9 Å². The molecular weight excluding hydrogens is 370 g/mol. The van der Waals surface area contributed by atoms with Crippen molar-refractivity contribution in [3.8, 4) is 0 Å². The predicted octanol–water partition coefficient (Wildman–Crippen LogP) is 6.90. The van der Waals surface area contributed by atoms with Gasteiger partial charge in [0.05, 0.1) is 6.04 Å². The van der Waals surface area contributed by atoms with Gasteiger partial charge in [0.2, 0.25) is 0 Å². The molecule has 3 nitrogen and oxygen atoms in total. The summed E-state index contributed by atoms with van der Waals surface area (Å²) in [4.78, 5) is 14.8. The fraction of sp³-hybridized carbons (Fsp3) is 0.667. The van der Waals surface area contributed by atoms with Crippen molar-refractivity contribution < 1.29 is 9.53 Å². The lowest BCUT2D eigenvalue weighted by atomic mass is 9.62. The number of amides is 1. The highest BCUT2D eigenvalue weighted by Crippen LogP contribution is 2.48. The fourth-order valence-electron chi connectivity index (χ4n) is 5.70. The molecule has 164 valence electrons. The van der Waals surface area contributed by atoms with Crippen molar-refractivity contribution in [3.63, 3.8) is 0 Å². The Bertz CT molecular complexity index is 900. The van der Waals surface area contributed by atoms with Crippen molar-refractivity contribution in [2.45, 2.75) is 116 Å². The number of carbonyl (C=O) groups is 1. The highest BCUT2D eigenvalue weighted by molar-refractivity contribution is 5.77. The number of benzene rings is 1. The maximum absolute atomic E-state index is 12.8. The summed E-state index contributed by atoms with van der Waals surface area (Å²) < 4.78 is 5.71. The third kappa shape index (κ3) is 3.69. The zero-order valence-corrected chi connectivity index (χ0v) is 20.2. The van der Waals surface area contributed by atoms with E-state index in [1.165, 1.54) is 40.7 Å². The minimum Gasteiger partial charge on any atom is -0.444 e. The predicted molar refractivity (Wildman–Crippen MR) is 124 cm³/mol. The molecule has 2 heterocycles. The maximum Gasteiger partial charge on any atom is 0.411 e. The molecule has 2 unspecified atom stereocenters. The Morgan fingerprint density at radius 3 is 2.20 bits per heavy atom. The van der Waals surface area contributed by atoms with Crippen LogP contribution in [0.3, 0.4) is 0 Å². The van der Waals surface area contributed by atoms with Gasteiger partial charge in [-0.2, -0.15) is 0 Å². The smallest absolute Gasteiger partial charge is 0.411 e. The Morgan fingerprint density at radius 1 is 1.03 bits per heavy atom. The Hall–Kier alpha value is -1.77. The first-order valence-corrected chi connectivity index (χ1v) is 11.7. The lowest BCUT2D eigenvalue weighted by Crippen LogP contribution is -2.45. The first kappa shape index (κ1) is 21.5. The molecule has 0 saturated carbocycles. The summed E-state index contributed by atoms with van der Waals surface area (Å²) in [6, 6.07) is 5.35. The largest absolute Gasteiger partial charge is 0.444 e. The van der Waals surface area contributed by atoms with Crippen LogP contribution < -0.4 is 0 Å². The average molecular weight is 410 g/mol. The number of aryl methyl sites for hydroxylation is 1. The van der Waals surface area contributed by atoms with E-state index in [4.69, 9.17) is 4.74 Å². The summed E-state index contributed by atoms with van der Waals surface area (Å²) >= 11 is 0. The first-order valence-electron chi connectivity index (χ1n) is 11.7. The van der Waals surface area contributed by atoms with Crippen LogP contribution in [-0.2, 0) is 15.6 Å². The van der Waals surface area contributed by atoms with Gasteiger partial charge in [-0.25, -0.2) is 4.79 Å². The Balaban J connectivity index is 1.70. The van der Waals surface area contributed by atoms with E-state index < -0.39 is 5.60 Å². The molecule has 1 amide bonds. The van der Waals surface area contributed by atoms with Crippen molar-refractivity contribution in [1.29, 1.82) is 0 Å². The second-order valence-corrected chi connectivity index (χ2v) is 12.1. The number of ether oxygens (including phenoxy) is 1. The van der Waals surface area contributed by atoms with E-state index in [-0.39, 0.29) is 29.0 Å². The second kappa shape index (κ2) is 6.87. The van der Waals surface area contributed by atoms with Crippen LogP contribution in [0, 0.1) is 6.92 Å². The molecule has 1 aromatic carbocycles. The lowest BCUT2D eigenvalue weighted by Gasteiger charge is -2.43. The average Bonchev–Trinajstić information content (AvgIpc) is 2.88. The SMILES string of the molecule is Cc1cc2c(cc1C1=CC3CCC(C1)N3C(=O)OC(C)(C)C)C(C)(C)CCC2(C)C. The summed E-state index contributed by atoms with van der Waals surface area (Å²) in [6.45, 7) is 17.6. The van der Waals surface area contributed by atoms with Crippen molar-refractivity contribution in [2.24, 2.45) is 0 Å². The Morgan fingerprint density at radius 2 is 1.63 bits per heavy atom. The zero-order chi connectivity index (χ0) is 22.1. The van der Waals surface area contributed by atoms with Gasteiger partial charge >= 0.3 is 6.09 Å². The van der Waals surface area contributed by atoms with Gasteiger partial charge in [0.1, 0.15) is 5.60 Å². The molecule has 0 N–H and O–H groups in total. The zero-order valence-electron chi connectivity index (χ0n) is 20.2.